The molecule has 0 unspecified atom stereocenters. The van der Waals surface area contributed by atoms with Crippen LogP contribution in [0.25, 0.3) is 0 Å². The minimum Gasteiger partial charge on any atom is -0.465 e. The van der Waals surface area contributed by atoms with Crippen molar-refractivity contribution in [3.63, 3.8) is 0 Å². The summed E-state index contributed by atoms with van der Waals surface area (Å²) in [6.45, 7) is 3.01. The molecule has 1 aromatic heterocycles. The summed E-state index contributed by atoms with van der Waals surface area (Å²) in [7, 11) is 0. The Morgan fingerprint density at radius 3 is 2.92 bits per heavy atom. The monoisotopic (exact) mass is 340 g/mol. The molecule has 25 heavy (non-hydrogen) atoms. The third kappa shape index (κ3) is 2.71. The second-order valence-electron chi connectivity index (χ2n) is 6.54. The molecule has 2 aromatic rings. The second kappa shape index (κ2) is 6.35. The van der Waals surface area contributed by atoms with Gasteiger partial charge in [-0.15, -0.1) is 0 Å². The first-order valence-electron chi connectivity index (χ1n) is 8.60. The maximum absolute atomic E-state index is 12.7. The zero-order valence-electron chi connectivity index (χ0n) is 14.1. The number of hydrogen-bond acceptors (Lipinski definition) is 5. The largest absolute Gasteiger partial charge is 0.465 e. The van der Waals surface area contributed by atoms with Crippen molar-refractivity contribution in [1.29, 1.82) is 0 Å². The highest BCUT2D eigenvalue weighted by Gasteiger charge is 2.52. The molecule has 0 N–H and O–H groups in total. The first-order chi connectivity index (χ1) is 12.2. The van der Waals surface area contributed by atoms with Crippen LogP contribution in [0.5, 0.6) is 0 Å². The summed E-state index contributed by atoms with van der Waals surface area (Å²) in [6, 6.07) is 9.98. The maximum Gasteiger partial charge on any atom is 0.315 e. The van der Waals surface area contributed by atoms with E-state index in [9.17, 15) is 9.59 Å². The van der Waals surface area contributed by atoms with E-state index in [1.807, 2.05) is 34.9 Å². The molecule has 4 rings (SSSR count). The topological polar surface area (TPSA) is 70.4 Å². The molecule has 0 spiro atoms. The first kappa shape index (κ1) is 15.9. The number of cyclic esters (lactones) is 1. The summed E-state index contributed by atoms with van der Waals surface area (Å²) in [5.74, 6) is -1.80. The summed E-state index contributed by atoms with van der Waals surface area (Å²) in [4.78, 5) is 29.5. The van der Waals surface area contributed by atoms with E-state index >= 15 is 0 Å². The summed E-state index contributed by atoms with van der Waals surface area (Å²) < 4.78 is 12.5. The number of imidazole rings is 1. The third-order valence-corrected chi connectivity index (χ3v) is 5.02. The Hall–Kier alpha value is -2.63. The minimum absolute atomic E-state index is 0.00511. The van der Waals surface area contributed by atoms with Crippen LogP contribution in [-0.2, 0) is 32.0 Å². The van der Waals surface area contributed by atoms with Crippen molar-refractivity contribution in [2.24, 2.45) is 11.8 Å². The lowest BCUT2D eigenvalue weighted by molar-refractivity contribution is -0.152. The standard InChI is InChI=1S/C19H20N2O4/c1-2-24-19(23)16-15-13(10-25-18(15)22)8-14-17(16)21(11-20-14)9-12-6-4-3-5-7-12/h3-7,11,13,15-16H,2,8-10H2,1H3/t13-,15-,16+/m1/s1. The zero-order valence-corrected chi connectivity index (χ0v) is 14.1. The number of hydrogen-bond donors (Lipinski definition) is 0. The molecule has 1 fully saturated rings. The first-order valence-corrected chi connectivity index (χ1v) is 8.60. The van der Waals surface area contributed by atoms with Crippen molar-refractivity contribution >= 4 is 11.9 Å². The van der Waals surface area contributed by atoms with Crippen LogP contribution < -0.4 is 0 Å². The molecular formula is C19H20N2O4. The van der Waals surface area contributed by atoms with Gasteiger partial charge in [0.05, 0.1) is 36.8 Å². The van der Waals surface area contributed by atoms with Crippen LogP contribution in [0.4, 0.5) is 0 Å². The van der Waals surface area contributed by atoms with Crippen LogP contribution in [0.15, 0.2) is 36.7 Å². The molecule has 3 atom stereocenters. The van der Waals surface area contributed by atoms with E-state index in [2.05, 4.69) is 4.98 Å². The molecule has 1 aliphatic heterocycles. The van der Waals surface area contributed by atoms with Crippen LogP contribution in [0, 0.1) is 11.8 Å². The molecule has 6 nitrogen and oxygen atoms in total. The fourth-order valence-corrected chi connectivity index (χ4v) is 3.94. The van der Waals surface area contributed by atoms with E-state index in [1.165, 1.54) is 0 Å². The van der Waals surface area contributed by atoms with E-state index in [-0.39, 0.29) is 24.5 Å². The number of carbonyl (C=O) groups is 2. The molecule has 1 aromatic carbocycles. The quantitative estimate of drug-likeness (QED) is 0.796. The van der Waals surface area contributed by atoms with E-state index < -0.39 is 11.8 Å². The normalized spacial score (nSPS) is 24.4. The summed E-state index contributed by atoms with van der Waals surface area (Å²) in [5, 5.41) is 0. The van der Waals surface area contributed by atoms with E-state index in [0.717, 1.165) is 17.0 Å². The van der Waals surface area contributed by atoms with Crippen molar-refractivity contribution < 1.29 is 19.1 Å². The van der Waals surface area contributed by atoms with Gasteiger partial charge in [-0.2, -0.15) is 0 Å². The Bertz CT molecular complexity index is 799. The highest BCUT2D eigenvalue weighted by molar-refractivity contribution is 5.88. The predicted octanol–water partition coefficient (Wildman–Crippen LogP) is 1.92. The van der Waals surface area contributed by atoms with Gasteiger partial charge in [-0.25, -0.2) is 4.98 Å². The molecule has 0 radical (unpaired) electrons. The van der Waals surface area contributed by atoms with Gasteiger partial charge in [0.25, 0.3) is 0 Å². The second-order valence-corrected chi connectivity index (χ2v) is 6.54. The number of rotatable bonds is 4. The molecule has 6 heteroatoms. The van der Waals surface area contributed by atoms with Crippen LogP contribution in [0.1, 0.15) is 29.8 Å². The number of carbonyl (C=O) groups excluding carboxylic acids is 2. The van der Waals surface area contributed by atoms with Crippen LogP contribution in [0.3, 0.4) is 0 Å². The van der Waals surface area contributed by atoms with Gasteiger partial charge in [0.1, 0.15) is 5.92 Å². The van der Waals surface area contributed by atoms with Gasteiger partial charge in [-0.05, 0) is 18.9 Å². The number of esters is 2. The number of fused-ring (bicyclic) bond motifs is 2. The molecular weight excluding hydrogens is 320 g/mol. The minimum atomic E-state index is -0.644. The zero-order chi connectivity index (χ0) is 17.4. The van der Waals surface area contributed by atoms with Gasteiger partial charge in [0.2, 0.25) is 0 Å². The fourth-order valence-electron chi connectivity index (χ4n) is 3.94. The number of aromatic nitrogens is 2. The predicted molar refractivity (Wildman–Crippen MR) is 88.8 cm³/mol. The highest BCUT2D eigenvalue weighted by atomic mass is 16.5. The highest BCUT2D eigenvalue weighted by Crippen LogP contribution is 2.44. The summed E-state index contributed by atoms with van der Waals surface area (Å²) in [5.41, 5.74) is 2.78. The fraction of sp³-hybridized carbons (Fsp3) is 0.421. The van der Waals surface area contributed by atoms with Crippen LogP contribution >= 0.6 is 0 Å². The van der Waals surface area contributed by atoms with Gasteiger partial charge in [-0.3, -0.25) is 9.59 Å². The summed E-state index contributed by atoms with van der Waals surface area (Å²) in [6.07, 6.45) is 2.42. The van der Waals surface area contributed by atoms with Crippen molar-refractivity contribution in [2.45, 2.75) is 25.8 Å². The Morgan fingerprint density at radius 1 is 1.36 bits per heavy atom. The Kier molecular flexibility index (Phi) is 4.03. The number of nitrogens with zero attached hydrogens (tertiary/aromatic N) is 2. The van der Waals surface area contributed by atoms with Crippen molar-refractivity contribution in [3.05, 3.63) is 53.6 Å². The number of benzene rings is 1. The maximum atomic E-state index is 12.7. The molecule has 1 aliphatic carbocycles. The van der Waals surface area contributed by atoms with Crippen LogP contribution in [-0.4, -0.2) is 34.7 Å². The Balaban J connectivity index is 1.75. The smallest absolute Gasteiger partial charge is 0.315 e. The molecule has 2 aliphatic rings. The van der Waals surface area contributed by atoms with E-state index in [4.69, 9.17) is 9.47 Å². The van der Waals surface area contributed by atoms with Gasteiger partial charge < -0.3 is 14.0 Å². The molecule has 130 valence electrons. The number of ether oxygens (including phenoxy) is 2. The third-order valence-electron chi connectivity index (χ3n) is 5.02. The van der Waals surface area contributed by atoms with Crippen molar-refractivity contribution in [3.8, 4) is 0 Å². The molecule has 0 amide bonds. The molecule has 2 heterocycles. The van der Waals surface area contributed by atoms with Gasteiger partial charge in [-0.1, -0.05) is 30.3 Å². The van der Waals surface area contributed by atoms with Gasteiger partial charge >= 0.3 is 11.9 Å². The molecule has 0 saturated carbocycles. The molecule has 0 bridgehead atoms. The van der Waals surface area contributed by atoms with Crippen molar-refractivity contribution in [2.75, 3.05) is 13.2 Å². The SMILES string of the molecule is CCOC(=O)[C@@H]1c2c(ncn2Cc2ccccc2)C[C@@H]2COC(=O)[C@H]21. The lowest BCUT2D eigenvalue weighted by atomic mass is 9.74. The van der Waals surface area contributed by atoms with Crippen LogP contribution in [0.2, 0.25) is 0 Å². The average molecular weight is 340 g/mol. The van der Waals surface area contributed by atoms with Gasteiger partial charge in [0, 0.05) is 12.5 Å². The van der Waals surface area contributed by atoms with E-state index in [0.29, 0.717) is 19.6 Å². The van der Waals surface area contributed by atoms with Gasteiger partial charge in [0.15, 0.2) is 0 Å². The lowest BCUT2D eigenvalue weighted by Gasteiger charge is -2.29. The lowest BCUT2D eigenvalue weighted by Crippen LogP contribution is -2.37. The van der Waals surface area contributed by atoms with Crippen molar-refractivity contribution in [1.82, 2.24) is 9.55 Å². The molecule has 1 saturated heterocycles. The summed E-state index contributed by atoms with van der Waals surface area (Å²) >= 11 is 0. The average Bonchev–Trinajstić information content (AvgIpc) is 3.18. The van der Waals surface area contributed by atoms with E-state index in [1.54, 1.807) is 13.3 Å². The Labute approximate surface area is 145 Å². The Morgan fingerprint density at radius 2 is 2.16 bits per heavy atom.